The average molecular weight is 318 g/mol. The molecule has 0 aliphatic carbocycles. The number of nitrogens with one attached hydrogen (secondary N) is 1. The van der Waals surface area contributed by atoms with E-state index in [1.807, 2.05) is 29.2 Å². The fraction of sp³-hybridized carbons (Fsp3) is 0.471. The predicted octanol–water partition coefficient (Wildman–Crippen LogP) is 3.13. The molecule has 1 aromatic carbocycles. The number of aromatic nitrogens is 1. The maximum atomic E-state index is 12.8. The summed E-state index contributed by atoms with van der Waals surface area (Å²) < 4.78 is 0. The van der Waals surface area contributed by atoms with Crippen molar-refractivity contribution in [3.8, 4) is 0 Å². The van der Waals surface area contributed by atoms with E-state index < -0.39 is 0 Å². The van der Waals surface area contributed by atoms with Crippen molar-refractivity contribution >= 4 is 28.4 Å². The lowest BCUT2D eigenvalue weighted by atomic mass is 10.2. The highest BCUT2D eigenvalue weighted by Gasteiger charge is 2.31. The highest BCUT2D eigenvalue weighted by molar-refractivity contribution is 6.31. The normalized spacial score (nSPS) is 22.8. The number of H-pyrrole nitrogens is 1. The molecule has 0 radical (unpaired) electrons. The Hall–Kier alpha value is -1.52. The molecule has 22 heavy (non-hydrogen) atoms. The Morgan fingerprint density at radius 3 is 2.95 bits per heavy atom. The number of nitrogens with zero attached hydrogens (tertiary/aromatic N) is 2. The van der Waals surface area contributed by atoms with Gasteiger partial charge in [0.25, 0.3) is 5.91 Å². The summed E-state index contributed by atoms with van der Waals surface area (Å²) in [5.41, 5.74) is 1.59. The van der Waals surface area contributed by atoms with E-state index in [1.54, 1.807) is 0 Å². The van der Waals surface area contributed by atoms with Crippen LogP contribution in [0.5, 0.6) is 0 Å². The molecule has 1 atom stereocenters. The summed E-state index contributed by atoms with van der Waals surface area (Å²) in [5.74, 6) is 0.112. The number of hydrogen-bond donors (Lipinski definition) is 1. The number of amides is 1. The van der Waals surface area contributed by atoms with E-state index in [0.717, 1.165) is 37.0 Å². The minimum absolute atomic E-state index is 0.112. The minimum atomic E-state index is 0.112. The minimum Gasteiger partial charge on any atom is -0.350 e. The van der Waals surface area contributed by atoms with Crippen LogP contribution in [-0.2, 0) is 0 Å². The SMILES string of the molecule is O=C(c1cc2ccc(Cl)cc2[nH]1)N1CCCN2CCC[C@H]2C1. The highest BCUT2D eigenvalue weighted by Crippen LogP contribution is 2.24. The molecular formula is C17H20ClN3O. The Morgan fingerprint density at radius 2 is 2.05 bits per heavy atom. The predicted molar refractivity (Wildman–Crippen MR) is 88.4 cm³/mol. The first-order valence-electron chi connectivity index (χ1n) is 8.02. The van der Waals surface area contributed by atoms with E-state index in [1.165, 1.54) is 19.4 Å². The summed E-state index contributed by atoms with van der Waals surface area (Å²) in [6, 6.07) is 8.16. The number of hydrogen-bond acceptors (Lipinski definition) is 2. The molecule has 1 N–H and O–H groups in total. The first-order chi connectivity index (χ1) is 10.7. The molecule has 0 bridgehead atoms. The van der Waals surface area contributed by atoms with Gasteiger partial charge in [-0.1, -0.05) is 17.7 Å². The van der Waals surface area contributed by atoms with E-state index in [0.29, 0.717) is 16.8 Å². The number of fused-ring (bicyclic) bond motifs is 2. The third kappa shape index (κ3) is 2.50. The third-order valence-corrected chi connectivity index (χ3v) is 5.14. The van der Waals surface area contributed by atoms with E-state index in [4.69, 9.17) is 11.6 Å². The molecular weight excluding hydrogens is 298 g/mol. The van der Waals surface area contributed by atoms with Gasteiger partial charge in [0.1, 0.15) is 5.69 Å². The van der Waals surface area contributed by atoms with Crippen molar-refractivity contribution < 1.29 is 4.79 Å². The summed E-state index contributed by atoms with van der Waals surface area (Å²) >= 11 is 6.02. The molecule has 4 rings (SSSR count). The third-order valence-electron chi connectivity index (χ3n) is 4.91. The Bertz CT molecular complexity index is 711. The molecule has 1 aromatic heterocycles. The lowest BCUT2D eigenvalue weighted by Crippen LogP contribution is -2.39. The van der Waals surface area contributed by atoms with Gasteiger partial charge < -0.3 is 9.88 Å². The largest absolute Gasteiger partial charge is 0.350 e. The van der Waals surface area contributed by atoms with Gasteiger partial charge in [0, 0.05) is 41.6 Å². The zero-order valence-electron chi connectivity index (χ0n) is 12.5. The summed E-state index contributed by atoms with van der Waals surface area (Å²) in [6.07, 6.45) is 3.54. The first-order valence-corrected chi connectivity index (χ1v) is 8.40. The quantitative estimate of drug-likeness (QED) is 0.877. The molecule has 1 amide bonds. The second-order valence-corrected chi connectivity index (χ2v) is 6.79. The number of benzene rings is 1. The van der Waals surface area contributed by atoms with Crippen LogP contribution in [0.4, 0.5) is 0 Å². The maximum Gasteiger partial charge on any atom is 0.270 e. The van der Waals surface area contributed by atoms with Gasteiger partial charge in [0.05, 0.1) is 0 Å². The molecule has 116 valence electrons. The molecule has 2 aliphatic heterocycles. The zero-order chi connectivity index (χ0) is 15.1. The Kier molecular flexibility index (Phi) is 3.59. The van der Waals surface area contributed by atoms with Gasteiger partial charge in [-0.3, -0.25) is 9.69 Å². The van der Waals surface area contributed by atoms with Crippen LogP contribution in [0.25, 0.3) is 10.9 Å². The summed E-state index contributed by atoms with van der Waals surface area (Å²) in [6.45, 7) is 4.02. The number of rotatable bonds is 1. The second-order valence-electron chi connectivity index (χ2n) is 6.35. The van der Waals surface area contributed by atoms with E-state index >= 15 is 0 Å². The van der Waals surface area contributed by atoms with Gasteiger partial charge in [0.2, 0.25) is 0 Å². The number of halogens is 1. The van der Waals surface area contributed by atoms with Gasteiger partial charge in [0.15, 0.2) is 0 Å². The van der Waals surface area contributed by atoms with Crippen molar-refractivity contribution in [2.75, 3.05) is 26.2 Å². The van der Waals surface area contributed by atoms with Gasteiger partial charge >= 0.3 is 0 Å². The number of aromatic amines is 1. The van der Waals surface area contributed by atoms with Crippen LogP contribution < -0.4 is 0 Å². The van der Waals surface area contributed by atoms with Crippen molar-refractivity contribution in [2.24, 2.45) is 0 Å². The molecule has 4 nitrogen and oxygen atoms in total. The molecule has 0 unspecified atom stereocenters. The summed E-state index contributed by atoms with van der Waals surface area (Å²) in [7, 11) is 0. The average Bonchev–Trinajstić information content (AvgIpc) is 3.07. The molecule has 0 saturated carbocycles. The fourth-order valence-corrected chi connectivity index (χ4v) is 3.95. The maximum absolute atomic E-state index is 12.8. The molecule has 2 fully saturated rings. The van der Waals surface area contributed by atoms with Crippen molar-refractivity contribution in [1.82, 2.24) is 14.8 Å². The Balaban J connectivity index is 1.59. The summed E-state index contributed by atoms with van der Waals surface area (Å²) in [5, 5.41) is 1.72. The van der Waals surface area contributed by atoms with E-state index in [-0.39, 0.29) is 5.91 Å². The topological polar surface area (TPSA) is 39.3 Å². The molecule has 5 heteroatoms. The Labute approximate surface area is 135 Å². The van der Waals surface area contributed by atoms with Crippen molar-refractivity contribution in [1.29, 1.82) is 0 Å². The second kappa shape index (κ2) is 5.60. The van der Waals surface area contributed by atoms with Crippen LogP contribution in [0.2, 0.25) is 5.02 Å². The van der Waals surface area contributed by atoms with Gasteiger partial charge in [-0.05, 0) is 44.0 Å². The van der Waals surface area contributed by atoms with Crippen LogP contribution in [-0.4, -0.2) is 52.9 Å². The van der Waals surface area contributed by atoms with Crippen LogP contribution in [0.1, 0.15) is 29.8 Å². The lowest BCUT2D eigenvalue weighted by molar-refractivity contribution is 0.0738. The van der Waals surface area contributed by atoms with E-state index in [9.17, 15) is 4.79 Å². The Morgan fingerprint density at radius 1 is 1.18 bits per heavy atom. The van der Waals surface area contributed by atoms with E-state index in [2.05, 4.69) is 9.88 Å². The fourth-order valence-electron chi connectivity index (χ4n) is 3.78. The van der Waals surface area contributed by atoms with Crippen molar-refractivity contribution in [3.05, 3.63) is 35.0 Å². The number of carbonyl (C=O) groups excluding carboxylic acids is 1. The summed E-state index contributed by atoms with van der Waals surface area (Å²) in [4.78, 5) is 20.6. The van der Waals surface area contributed by atoms with Crippen LogP contribution in [0.3, 0.4) is 0 Å². The molecule has 2 saturated heterocycles. The van der Waals surface area contributed by atoms with Gasteiger partial charge in [-0.15, -0.1) is 0 Å². The smallest absolute Gasteiger partial charge is 0.270 e. The molecule has 0 spiro atoms. The van der Waals surface area contributed by atoms with Gasteiger partial charge in [-0.25, -0.2) is 0 Å². The highest BCUT2D eigenvalue weighted by atomic mass is 35.5. The number of carbonyl (C=O) groups is 1. The first kappa shape index (κ1) is 14.1. The lowest BCUT2D eigenvalue weighted by Gasteiger charge is -2.25. The molecule has 3 heterocycles. The van der Waals surface area contributed by atoms with Crippen molar-refractivity contribution in [2.45, 2.75) is 25.3 Å². The van der Waals surface area contributed by atoms with Crippen LogP contribution in [0, 0.1) is 0 Å². The van der Waals surface area contributed by atoms with Gasteiger partial charge in [-0.2, -0.15) is 0 Å². The zero-order valence-corrected chi connectivity index (χ0v) is 13.3. The van der Waals surface area contributed by atoms with Crippen molar-refractivity contribution in [3.63, 3.8) is 0 Å². The standard InChI is InChI=1S/C17H20ClN3O/c18-13-5-4-12-9-16(19-15(12)10-13)17(22)21-8-2-7-20-6-1-3-14(20)11-21/h4-5,9-10,14,19H,1-3,6-8,11H2/t14-/m0/s1. The molecule has 2 aromatic rings. The molecule has 2 aliphatic rings. The van der Waals surface area contributed by atoms with Crippen LogP contribution in [0.15, 0.2) is 24.3 Å². The monoisotopic (exact) mass is 317 g/mol. The van der Waals surface area contributed by atoms with Crippen LogP contribution >= 0.6 is 11.6 Å².